The van der Waals surface area contributed by atoms with Crippen LogP contribution in [-0.2, 0) is 0 Å². The van der Waals surface area contributed by atoms with Crippen LogP contribution >= 0.6 is 11.6 Å². The van der Waals surface area contributed by atoms with Crippen LogP contribution in [0.1, 0.15) is 6.92 Å². The van der Waals surface area contributed by atoms with Gasteiger partial charge in [0.25, 0.3) is 0 Å². The van der Waals surface area contributed by atoms with E-state index in [9.17, 15) is 0 Å². The number of hydrogen-bond acceptors (Lipinski definition) is 1. The summed E-state index contributed by atoms with van der Waals surface area (Å²) in [5.41, 5.74) is 0. The molecule has 0 aromatic heterocycles. The van der Waals surface area contributed by atoms with Crippen LogP contribution < -0.4 is 0 Å². The largest absolute Gasteiger partial charge is 0.273 e. The van der Waals surface area contributed by atoms with Crippen LogP contribution in [-0.4, -0.2) is 6.72 Å². The second kappa shape index (κ2) is 4.60. The Morgan fingerprint density at radius 2 is 2.38 bits per heavy atom. The smallest absolute Gasteiger partial charge is 0.0260 e. The highest BCUT2D eigenvalue weighted by molar-refractivity contribution is 6.29. The molecule has 0 atom stereocenters. The molecular weight excluding hydrogens is 122 g/mol. The average Bonchev–Trinajstić information content (AvgIpc) is 1.66. The van der Waals surface area contributed by atoms with Crippen molar-refractivity contribution in [1.82, 2.24) is 0 Å². The van der Waals surface area contributed by atoms with E-state index in [4.69, 9.17) is 11.6 Å². The third-order valence-corrected chi connectivity index (χ3v) is 0.643. The minimum Gasteiger partial charge on any atom is -0.273 e. The Hall–Kier alpha value is -0.560. The van der Waals surface area contributed by atoms with Crippen LogP contribution in [0.25, 0.3) is 0 Å². The van der Waals surface area contributed by atoms with Crippen molar-refractivity contribution in [2.45, 2.75) is 6.92 Å². The summed E-state index contributed by atoms with van der Waals surface area (Å²) in [4.78, 5) is 3.47. The minimum atomic E-state index is 0.741. The lowest BCUT2D eigenvalue weighted by atomic mass is 10.5. The van der Waals surface area contributed by atoms with Crippen molar-refractivity contribution in [3.63, 3.8) is 0 Å². The van der Waals surface area contributed by atoms with Crippen molar-refractivity contribution in [3.8, 4) is 0 Å². The molecule has 0 aromatic carbocycles. The first kappa shape index (κ1) is 7.44. The summed E-state index contributed by atoms with van der Waals surface area (Å²) in [6, 6.07) is 0. The summed E-state index contributed by atoms with van der Waals surface area (Å²) < 4.78 is 0. The maximum atomic E-state index is 5.46. The van der Waals surface area contributed by atoms with Gasteiger partial charge >= 0.3 is 0 Å². The molecular formula is C6H8ClN. The highest BCUT2D eigenvalue weighted by atomic mass is 35.5. The molecule has 0 N–H and O–H groups in total. The van der Waals surface area contributed by atoms with Crippen molar-refractivity contribution >= 4 is 18.3 Å². The van der Waals surface area contributed by atoms with E-state index in [1.807, 2.05) is 0 Å². The summed E-state index contributed by atoms with van der Waals surface area (Å²) in [5.74, 6) is 0. The van der Waals surface area contributed by atoms with Gasteiger partial charge in [0.15, 0.2) is 0 Å². The van der Waals surface area contributed by atoms with Gasteiger partial charge in [0.05, 0.1) is 0 Å². The number of aliphatic imine (C=N–C) groups is 1. The van der Waals surface area contributed by atoms with E-state index >= 15 is 0 Å². The highest BCUT2D eigenvalue weighted by Crippen LogP contribution is 1.96. The zero-order valence-electron chi connectivity index (χ0n) is 4.76. The van der Waals surface area contributed by atoms with E-state index in [2.05, 4.69) is 11.7 Å². The summed E-state index contributed by atoms with van der Waals surface area (Å²) in [7, 11) is 0. The van der Waals surface area contributed by atoms with Crippen LogP contribution in [0.2, 0.25) is 0 Å². The van der Waals surface area contributed by atoms with Crippen LogP contribution in [0.4, 0.5) is 0 Å². The van der Waals surface area contributed by atoms with Crippen LogP contribution in [0.5, 0.6) is 0 Å². The van der Waals surface area contributed by atoms with Crippen molar-refractivity contribution in [2.24, 2.45) is 4.99 Å². The van der Waals surface area contributed by atoms with Crippen LogP contribution in [0.3, 0.4) is 0 Å². The van der Waals surface area contributed by atoms with Gasteiger partial charge in [-0.3, -0.25) is 4.99 Å². The molecule has 0 rings (SSSR count). The lowest BCUT2D eigenvalue weighted by molar-refractivity contribution is 1.59. The van der Waals surface area contributed by atoms with Crippen molar-refractivity contribution in [2.75, 3.05) is 0 Å². The van der Waals surface area contributed by atoms with Gasteiger partial charge in [-0.25, -0.2) is 0 Å². The van der Waals surface area contributed by atoms with Gasteiger partial charge in [0, 0.05) is 11.2 Å². The molecule has 0 aliphatic heterocycles. The molecule has 0 fully saturated rings. The van der Waals surface area contributed by atoms with Crippen molar-refractivity contribution in [3.05, 3.63) is 23.4 Å². The Balaban J connectivity index is 3.57. The molecule has 0 spiro atoms. The fourth-order valence-electron chi connectivity index (χ4n) is 0.236. The SMILES string of the molecule is C=N/C=C\C=C(/C)Cl. The Morgan fingerprint density at radius 3 is 2.75 bits per heavy atom. The maximum Gasteiger partial charge on any atom is 0.0260 e. The third-order valence-electron chi connectivity index (χ3n) is 0.517. The fraction of sp³-hybridized carbons (Fsp3) is 0.167. The molecule has 1 nitrogen and oxygen atoms in total. The molecule has 2 heteroatoms. The van der Waals surface area contributed by atoms with Gasteiger partial charge in [0.2, 0.25) is 0 Å². The van der Waals surface area contributed by atoms with Gasteiger partial charge < -0.3 is 0 Å². The molecule has 8 heavy (non-hydrogen) atoms. The number of halogens is 1. The quantitative estimate of drug-likeness (QED) is 0.401. The van der Waals surface area contributed by atoms with E-state index in [0.29, 0.717) is 0 Å². The molecule has 0 aromatic rings. The second-order valence-electron chi connectivity index (χ2n) is 1.28. The lowest BCUT2D eigenvalue weighted by Crippen LogP contribution is -1.52. The maximum absolute atomic E-state index is 5.46. The van der Waals surface area contributed by atoms with Gasteiger partial charge in [0.1, 0.15) is 0 Å². The molecule has 0 radical (unpaired) electrons. The number of nitrogens with zero attached hydrogens (tertiary/aromatic N) is 1. The normalized spacial score (nSPS) is 12.5. The van der Waals surface area contributed by atoms with E-state index in [0.717, 1.165) is 5.03 Å². The van der Waals surface area contributed by atoms with Crippen molar-refractivity contribution in [1.29, 1.82) is 0 Å². The number of allylic oxidation sites excluding steroid dienone is 3. The summed E-state index contributed by atoms with van der Waals surface area (Å²) in [6.45, 7) is 5.05. The fourth-order valence-corrected chi connectivity index (χ4v) is 0.309. The zero-order chi connectivity index (χ0) is 6.41. The molecule has 0 heterocycles. The van der Waals surface area contributed by atoms with E-state index < -0.39 is 0 Å². The Morgan fingerprint density at radius 1 is 1.75 bits per heavy atom. The Bertz CT molecular complexity index is 120. The monoisotopic (exact) mass is 129 g/mol. The molecule has 0 saturated carbocycles. The van der Waals surface area contributed by atoms with Gasteiger partial charge in [-0.1, -0.05) is 11.6 Å². The number of hydrogen-bond donors (Lipinski definition) is 0. The summed E-state index contributed by atoms with van der Waals surface area (Å²) in [6.07, 6.45) is 5.05. The van der Waals surface area contributed by atoms with Gasteiger partial charge in [-0.15, -0.1) is 0 Å². The average molecular weight is 130 g/mol. The summed E-state index contributed by atoms with van der Waals surface area (Å²) in [5, 5.41) is 0.741. The predicted molar refractivity (Wildman–Crippen MR) is 38.3 cm³/mol. The number of rotatable bonds is 2. The van der Waals surface area contributed by atoms with Crippen LogP contribution in [0.15, 0.2) is 28.4 Å². The zero-order valence-corrected chi connectivity index (χ0v) is 5.52. The standard InChI is InChI=1S/C6H8ClN/c1-6(7)4-3-5-8-2/h3-5H,2H2,1H3/b5-3-,6-4+. The van der Waals surface area contributed by atoms with Gasteiger partial charge in [-0.2, -0.15) is 0 Å². The topological polar surface area (TPSA) is 12.4 Å². The lowest BCUT2D eigenvalue weighted by Gasteiger charge is -1.75. The van der Waals surface area contributed by atoms with E-state index in [1.165, 1.54) is 0 Å². The second-order valence-corrected chi connectivity index (χ2v) is 1.87. The first-order chi connectivity index (χ1) is 3.77. The van der Waals surface area contributed by atoms with E-state index in [-0.39, 0.29) is 0 Å². The Kier molecular flexibility index (Phi) is 4.27. The molecule has 0 bridgehead atoms. The summed E-state index contributed by atoms with van der Waals surface area (Å²) >= 11 is 5.46. The van der Waals surface area contributed by atoms with Crippen LogP contribution in [0, 0.1) is 0 Å². The minimum absolute atomic E-state index is 0.741. The predicted octanol–water partition coefficient (Wildman–Crippen LogP) is 2.34. The molecule has 0 aliphatic rings. The third kappa shape index (κ3) is 5.44. The Labute approximate surface area is 54.4 Å². The first-order valence-electron chi connectivity index (χ1n) is 2.22. The van der Waals surface area contributed by atoms with Gasteiger partial charge in [-0.05, 0) is 25.8 Å². The molecule has 0 saturated heterocycles. The van der Waals surface area contributed by atoms with E-state index in [1.54, 1.807) is 25.3 Å². The van der Waals surface area contributed by atoms with Crippen molar-refractivity contribution < 1.29 is 0 Å². The molecule has 0 amide bonds. The molecule has 0 unspecified atom stereocenters. The molecule has 0 aliphatic carbocycles. The highest BCUT2D eigenvalue weighted by Gasteiger charge is 1.69. The first-order valence-corrected chi connectivity index (χ1v) is 2.60. The molecule has 44 valence electrons.